The van der Waals surface area contributed by atoms with Gasteiger partial charge in [-0.2, -0.15) is 0 Å². The monoisotopic (exact) mass is 808 g/mol. The van der Waals surface area contributed by atoms with Crippen LogP contribution >= 0.6 is 0 Å². The molecule has 16 unspecified atom stereocenters. The summed E-state index contributed by atoms with van der Waals surface area (Å²) in [6.45, 7) is 7.04. The molecule has 1 heterocycles. The summed E-state index contributed by atoms with van der Waals surface area (Å²) < 4.78 is 11.2. The van der Waals surface area contributed by atoms with Crippen LogP contribution in [-0.4, -0.2) is 171 Å². The molecule has 56 heavy (non-hydrogen) atoms. The Bertz CT molecular complexity index is 1160. The van der Waals surface area contributed by atoms with Crippen LogP contribution in [0.5, 0.6) is 0 Å². The number of Topliss-reactive ketones (excluding diaryl/α,β-unsaturated/α-hetero) is 1. The number of hydrogen-bond donors (Lipinski definition) is 13. The van der Waals surface area contributed by atoms with Gasteiger partial charge >= 0.3 is 0 Å². The van der Waals surface area contributed by atoms with E-state index >= 15 is 0 Å². The number of aliphatic hydroxyl groups is 12. The van der Waals surface area contributed by atoms with E-state index in [4.69, 9.17) is 15.2 Å². The van der Waals surface area contributed by atoms with Crippen molar-refractivity contribution in [2.45, 2.75) is 196 Å². The van der Waals surface area contributed by atoms with Crippen molar-refractivity contribution in [3.8, 4) is 0 Å². The van der Waals surface area contributed by atoms with Crippen LogP contribution in [0.4, 0.5) is 0 Å². The zero-order chi connectivity index (χ0) is 42.5. The predicted octanol–water partition coefficient (Wildman–Crippen LogP) is -1.16. The molecule has 0 aromatic rings. The first kappa shape index (κ1) is 52.1. The van der Waals surface area contributed by atoms with Gasteiger partial charge in [-0.25, -0.2) is 0 Å². The molecule has 0 aromatic carbocycles. The summed E-state index contributed by atoms with van der Waals surface area (Å²) in [7, 11) is 0. The molecule has 16 atom stereocenters. The SMILES string of the molecule is CCC(OC1OC(C)C(O)C(O)C1O)C(C)C(=O)CC(O)CC(O)CC(O)C=CCC(O)CC(O)CC(O)CC(O)C=CCC(O)CC(O)CCCN=C(C)N. The van der Waals surface area contributed by atoms with E-state index in [-0.39, 0.29) is 63.6 Å². The number of aliphatic imine (C=N–C) groups is 1. The van der Waals surface area contributed by atoms with Crippen molar-refractivity contribution < 1.29 is 75.5 Å². The normalized spacial score (nSPS) is 27.0. The first-order chi connectivity index (χ1) is 26.2. The van der Waals surface area contributed by atoms with Gasteiger partial charge in [0, 0.05) is 31.7 Å². The summed E-state index contributed by atoms with van der Waals surface area (Å²) >= 11 is 0. The highest BCUT2D eigenvalue weighted by atomic mass is 16.7. The van der Waals surface area contributed by atoms with Gasteiger partial charge in [0.2, 0.25) is 0 Å². The molecule has 14 N–H and O–H groups in total. The van der Waals surface area contributed by atoms with Crippen LogP contribution in [0, 0.1) is 5.92 Å². The topological polar surface area (TPSA) is 317 Å². The van der Waals surface area contributed by atoms with Crippen molar-refractivity contribution >= 4 is 11.6 Å². The highest BCUT2D eigenvalue weighted by molar-refractivity contribution is 5.81. The number of ketones is 1. The molecule has 0 bridgehead atoms. The van der Waals surface area contributed by atoms with E-state index in [1.165, 1.54) is 25.2 Å². The summed E-state index contributed by atoms with van der Waals surface area (Å²) in [5.41, 5.74) is 5.47. The van der Waals surface area contributed by atoms with Crippen molar-refractivity contribution in [3.63, 3.8) is 0 Å². The highest BCUT2D eigenvalue weighted by Gasteiger charge is 2.44. The maximum Gasteiger partial charge on any atom is 0.186 e. The third kappa shape index (κ3) is 21.7. The average Bonchev–Trinajstić information content (AvgIpc) is 3.09. The minimum Gasteiger partial charge on any atom is -0.393 e. The van der Waals surface area contributed by atoms with E-state index in [0.717, 1.165) is 0 Å². The molecule has 0 amide bonds. The predicted molar refractivity (Wildman–Crippen MR) is 207 cm³/mol. The summed E-state index contributed by atoms with van der Waals surface area (Å²) in [6, 6.07) is 0. The summed E-state index contributed by atoms with van der Waals surface area (Å²) in [5, 5.41) is 123. The second-order valence-electron chi connectivity index (χ2n) is 15.3. The van der Waals surface area contributed by atoms with Crippen molar-refractivity contribution in [3.05, 3.63) is 24.3 Å². The minimum absolute atomic E-state index is 0.0566. The molecule has 328 valence electrons. The number of rotatable bonds is 29. The first-order valence-corrected chi connectivity index (χ1v) is 19.8. The number of ether oxygens (including phenoxy) is 2. The molecule has 0 radical (unpaired) electrons. The second kappa shape index (κ2) is 27.7. The number of carbonyl (C=O) groups excluding carboxylic acids is 1. The van der Waals surface area contributed by atoms with Crippen molar-refractivity contribution in [1.29, 1.82) is 0 Å². The number of amidine groups is 1. The highest BCUT2D eigenvalue weighted by Crippen LogP contribution is 2.26. The average molecular weight is 809 g/mol. The van der Waals surface area contributed by atoms with E-state index in [0.29, 0.717) is 31.6 Å². The lowest BCUT2D eigenvalue weighted by molar-refractivity contribution is -0.306. The molecule has 1 fully saturated rings. The Balaban J connectivity index is 2.36. The second-order valence-corrected chi connectivity index (χ2v) is 15.3. The van der Waals surface area contributed by atoms with Crippen molar-refractivity contribution in [2.24, 2.45) is 16.6 Å². The van der Waals surface area contributed by atoms with E-state index in [2.05, 4.69) is 4.99 Å². The van der Waals surface area contributed by atoms with Crippen LogP contribution in [0.1, 0.15) is 105 Å². The number of nitrogens with two attached hydrogens (primary N) is 1. The van der Waals surface area contributed by atoms with Crippen LogP contribution in [-0.2, 0) is 14.3 Å². The third-order valence-corrected chi connectivity index (χ3v) is 9.82. The van der Waals surface area contributed by atoms with Crippen LogP contribution in [0.25, 0.3) is 0 Å². The summed E-state index contributed by atoms with van der Waals surface area (Å²) in [6.07, 6.45) is -9.60. The standard InChI is InChI=1S/C39H72N2O15/c1-5-35(56-39-38(54)37(53)36(52)23(3)55-39)22(2)34(51)21-33(50)20-32(49)18-28(45)12-7-11-27(44)17-31(48)19-30(47)16-26(43)10-6-9-25(42)15-29(46)13-8-14-41-24(4)40/h6-7,10,12,22-23,25-33,35-39,42-50,52-54H,5,8-9,11,13-21H2,1-4H3,(H2,40,41). The van der Waals surface area contributed by atoms with Gasteiger partial charge in [-0.15, -0.1) is 0 Å². The van der Waals surface area contributed by atoms with Gasteiger partial charge < -0.3 is 76.5 Å². The van der Waals surface area contributed by atoms with E-state index in [1.807, 2.05) is 0 Å². The van der Waals surface area contributed by atoms with Crippen molar-refractivity contribution in [1.82, 2.24) is 0 Å². The van der Waals surface area contributed by atoms with E-state index in [1.54, 1.807) is 26.8 Å². The van der Waals surface area contributed by atoms with Crippen LogP contribution in [0.3, 0.4) is 0 Å². The van der Waals surface area contributed by atoms with Gasteiger partial charge in [-0.05, 0) is 71.6 Å². The number of carbonyl (C=O) groups is 1. The molecule has 0 aliphatic carbocycles. The molecule has 1 aliphatic heterocycles. The lowest BCUT2D eigenvalue weighted by Gasteiger charge is -2.40. The maximum absolute atomic E-state index is 12.9. The van der Waals surface area contributed by atoms with Gasteiger partial charge in [0.15, 0.2) is 6.29 Å². The van der Waals surface area contributed by atoms with Crippen LogP contribution < -0.4 is 5.73 Å². The Hall–Kier alpha value is -1.94. The summed E-state index contributed by atoms with van der Waals surface area (Å²) in [4.78, 5) is 17.0. The van der Waals surface area contributed by atoms with Gasteiger partial charge in [-0.3, -0.25) is 9.79 Å². The van der Waals surface area contributed by atoms with Crippen LogP contribution in [0.2, 0.25) is 0 Å². The maximum atomic E-state index is 12.9. The number of nitrogens with zero attached hydrogens (tertiary/aromatic N) is 1. The Kier molecular flexibility index (Phi) is 25.8. The zero-order valence-electron chi connectivity index (χ0n) is 33.4. The number of hydrogen-bond acceptors (Lipinski definition) is 16. The molecule has 1 rings (SSSR count). The fraction of sp³-hybridized carbons (Fsp3) is 0.846. The Morgan fingerprint density at radius 1 is 0.732 bits per heavy atom. The quantitative estimate of drug-likeness (QED) is 0.0184. The molecule has 0 saturated carbocycles. The Morgan fingerprint density at radius 2 is 1.21 bits per heavy atom. The lowest BCUT2D eigenvalue weighted by Crippen LogP contribution is -2.58. The van der Waals surface area contributed by atoms with Gasteiger partial charge in [-0.1, -0.05) is 38.2 Å². The van der Waals surface area contributed by atoms with Gasteiger partial charge in [0.25, 0.3) is 0 Å². The Morgan fingerprint density at radius 3 is 1.73 bits per heavy atom. The van der Waals surface area contributed by atoms with Gasteiger partial charge in [0.05, 0.1) is 73.0 Å². The largest absolute Gasteiger partial charge is 0.393 e. The fourth-order valence-corrected chi connectivity index (χ4v) is 6.51. The van der Waals surface area contributed by atoms with Gasteiger partial charge in [0.1, 0.15) is 24.1 Å². The molecule has 17 heteroatoms. The third-order valence-electron chi connectivity index (χ3n) is 9.82. The number of aliphatic hydroxyl groups excluding tert-OH is 12. The first-order valence-electron chi connectivity index (χ1n) is 19.8. The van der Waals surface area contributed by atoms with E-state index < -0.39 is 97.7 Å². The molecule has 17 nitrogen and oxygen atoms in total. The van der Waals surface area contributed by atoms with Crippen molar-refractivity contribution in [2.75, 3.05) is 6.54 Å². The molecule has 0 spiro atoms. The smallest absolute Gasteiger partial charge is 0.186 e. The molecule has 1 aliphatic rings. The summed E-state index contributed by atoms with van der Waals surface area (Å²) in [5.74, 6) is -0.636. The lowest BCUT2D eigenvalue weighted by atomic mass is 9.91. The Labute approximate surface area is 330 Å². The van der Waals surface area contributed by atoms with E-state index in [9.17, 15) is 66.1 Å². The molecular weight excluding hydrogens is 736 g/mol. The molecule has 1 saturated heterocycles. The fourth-order valence-electron chi connectivity index (χ4n) is 6.51. The zero-order valence-corrected chi connectivity index (χ0v) is 33.4. The van der Waals surface area contributed by atoms with Crippen LogP contribution in [0.15, 0.2) is 29.3 Å². The molecule has 0 aromatic heterocycles. The molecular formula is C39H72N2O15. The minimum atomic E-state index is -1.53.